The van der Waals surface area contributed by atoms with Crippen LogP contribution in [-0.4, -0.2) is 44.0 Å². The Morgan fingerprint density at radius 1 is 0.694 bits per heavy atom. The molecular formula is C26H23NO8S. The highest BCUT2D eigenvalue weighted by molar-refractivity contribution is 7.09. The summed E-state index contributed by atoms with van der Waals surface area (Å²) < 4.78 is 5.79. The van der Waals surface area contributed by atoms with E-state index in [-0.39, 0.29) is 13.1 Å². The summed E-state index contributed by atoms with van der Waals surface area (Å²) in [5.74, 6) is -10.4. The number of carboxylic acid groups (broad SMARTS) is 3. The number of hydrogen-bond acceptors (Lipinski definition) is 6. The quantitative estimate of drug-likeness (QED) is 0.375. The average molecular weight is 510 g/mol. The minimum atomic E-state index is -1.67. The first kappa shape index (κ1) is 24.9. The second kappa shape index (κ2) is 10.6. The summed E-state index contributed by atoms with van der Waals surface area (Å²) in [4.78, 5) is 51.0. The molecular weight excluding hydrogens is 486 g/mol. The monoisotopic (exact) mass is 509 g/mol. The first-order valence-corrected chi connectivity index (χ1v) is 12.0. The molecule has 0 unspecified atom stereocenters. The first-order valence-electron chi connectivity index (χ1n) is 11.1. The third-order valence-corrected chi connectivity index (χ3v) is 7.06. The molecule has 3 N–H and O–H groups in total. The van der Waals surface area contributed by atoms with Gasteiger partial charge >= 0.3 is 17.9 Å². The molecule has 0 bridgehead atoms. The number of carboxylic acids is 3. The van der Waals surface area contributed by atoms with Gasteiger partial charge in [0.25, 0.3) is 0 Å². The molecule has 1 aromatic heterocycles. The van der Waals surface area contributed by atoms with Crippen LogP contribution in [0, 0.1) is 23.7 Å². The van der Waals surface area contributed by atoms with E-state index in [9.17, 15) is 34.5 Å². The molecule has 186 valence electrons. The maximum atomic E-state index is 13.5. The van der Waals surface area contributed by atoms with Crippen molar-refractivity contribution in [3.05, 3.63) is 82.6 Å². The van der Waals surface area contributed by atoms with Crippen LogP contribution in [-0.2, 0) is 32.3 Å². The van der Waals surface area contributed by atoms with Gasteiger partial charge in [0.15, 0.2) is 0 Å². The van der Waals surface area contributed by atoms with Crippen LogP contribution in [0.3, 0.4) is 0 Å². The van der Waals surface area contributed by atoms with Gasteiger partial charge in [0.2, 0.25) is 5.91 Å². The van der Waals surface area contributed by atoms with Gasteiger partial charge in [0.05, 0.1) is 30.2 Å². The Labute approximate surface area is 210 Å². The molecule has 2 aromatic carbocycles. The molecule has 1 aliphatic carbocycles. The molecule has 3 aromatic rings. The van der Waals surface area contributed by atoms with E-state index in [4.69, 9.17) is 4.74 Å². The third kappa shape index (κ3) is 5.23. The zero-order chi connectivity index (χ0) is 25.8. The van der Waals surface area contributed by atoms with Gasteiger partial charge in [-0.3, -0.25) is 19.2 Å². The average Bonchev–Trinajstić information content (AvgIpc) is 3.32. The van der Waals surface area contributed by atoms with Crippen molar-refractivity contribution in [1.82, 2.24) is 4.90 Å². The van der Waals surface area contributed by atoms with E-state index in [1.165, 1.54) is 16.2 Å². The lowest BCUT2D eigenvalue weighted by molar-refractivity contribution is -0.190. The number of aliphatic carboxylic acids is 3. The van der Waals surface area contributed by atoms with Crippen molar-refractivity contribution in [2.24, 2.45) is 23.7 Å². The molecule has 1 saturated carbocycles. The predicted molar refractivity (Wildman–Crippen MR) is 128 cm³/mol. The molecule has 9 nitrogen and oxygen atoms in total. The van der Waals surface area contributed by atoms with E-state index < -0.39 is 47.5 Å². The van der Waals surface area contributed by atoms with Crippen LogP contribution in [0.25, 0.3) is 0 Å². The van der Waals surface area contributed by atoms with Crippen molar-refractivity contribution in [3.8, 4) is 11.5 Å². The number of carbonyl (C=O) groups excluding carboxylic acids is 1. The number of nitrogens with zero attached hydrogens (tertiary/aromatic N) is 1. The van der Waals surface area contributed by atoms with Gasteiger partial charge in [-0.1, -0.05) is 36.4 Å². The van der Waals surface area contributed by atoms with E-state index in [0.29, 0.717) is 17.1 Å². The number of benzene rings is 2. The van der Waals surface area contributed by atoms with Crippen LogP contribution in [0.15, 0.2) is 72.1 Å². The maximum absolute atomic E-state index is 13.5. The minimum absolute atomic E-state index is 0.0786. The summed E-state index contributed by atoms with van der Waals surface area (Å²) in [7, 11) is 0. The summed E-state index contributed by atoms with van der Waals surface area (Å²) >= 11 is 1.40. The van der Waals surface area contributed by atoms with Crippen molar-refractivity contribution in [3.63, 3.8) is 0 Å². The Hall–Kier alpha value is -4.18. The largest absolute Gasteiger partial charge is 0.481 e. The Morgan fingerprint density at radius 3 is 1.78 bits per heavy atom. The second-order valence-electron chi connectivity index (χ2n) is 8.45. The summed E-state index contributed by atoms with van der Waals surface area (Å²) in [6.45, 7) is 0.209. The Balaban J connectivity index is 1.57. The van der Waals surface area contributed by atoms with Gasteiger partial charge in [-0.2, -0.15) is 0 Å². The number of ether oxygens (including phenoxy) is 1. The molecule has 36 heavy (non-hydrogen) atoms. The third-order valence-electron chi connectivity index (χ3n) is 6.20. The Bertz CT molecular complexity index is 1220. The fourth-order valence-corrected chi connectivity index (χ4v) is 5.22. The molecule has 10 heteroatoms. The number of para-hydroxylation sites is 1. The molecule has 1 aliphatic rings. The molecule has 0 radical (unpaired) electrons. The normalized spacial score (nSPS) is 20.7. The van der Waals surface area contributed by atoms with Gasteiger partial charge in [0, 0.05) is 11.4 Å². The van der Waals surface area contributed by atoms with E-state index in [1.54, 1.807) is 24.3 Å². The SMILES string of the molecule is O=C(O)C1[C@@H](C(=O)O)C(C(=O)N(Cc2ccc(Oc3ccccc3)cc2)Cc2cccs2)[C@@H]1C(=O)O. The van der Waals surface area contributed by atoms with E-state index >= 15 is 0 Å². The molecule has 0 spiro atoms. The van der Waals surface area contributed by atoms with Crippen molar-refractivity contribution >= 4 is 35.2 Å². The molecule has 1 amide bonds. The first-order chi connectivity index (χ1) is 17.3. The summed E-state index contributed by atoms with van der Waals surface area (Å²) in [6.07, 6.45) is 0. The second-order valence-corrected chi connectivity index (χ2v) is 9.48. The molecule has 4 rings (SSSR count). The fraction of sp³-hybridized carbons (Fsp3) is 0.231. The lowest BCUT2D eigenvalue weighted by atomic mass is 9.56. The van der Waals surface area contributed by atoms with Gasteiger partial charge in [0.1, 0.15) is 11.5 Å². The van der Waals surface area contributed by atoms with Crippen molar-refractivity contribution in [1.29, 1.82) is 0 Å². The zero-order valence-corrected chi connectivity index (χ0v) is 19.7. The van der Waals surface area contributed by atoms with Crippen LogP contribution in [0.5, 0.6) is 11.5 Å². The van der Waals surface area contributed by atoms with Crippen LogP contribution < -0.4 is 4.74 Å². The molecule has 0 saturated heterocycles. The highest BCUT2D eigenvalue weighted by Gasteiger charge is 2.64. The maximum Gasteiger partial charge on any atom is 0.308 e. The highest BCUT2D eigenvalue weighted by atomic mass is 32.1. The standard InChI is InChI=1S/C26H23NO8S/c28-23(19-20(24(29)30)22(26(33)34)21(19)25(31)32)27(14-18-7-4-12-36-18)13-15-8-10-17(11-9-15)35-16-5-2-1-3-6-16/h1-12,19-22H,13-14H2,(H,29,30)(H,31,32)(H,33,34)/t19?,20-,21-,22?/m0/s1. The van der Waals surface area contributed by atoms with Crippen molar-refractivity contribution < 1.29 is 39.2 Å². The van der Waals surface area contributed by atoms with Crippen LogP contribution in [0.1, 0.15) is 10.4 Å². The number of rotatable bonds is 10. The van der Waals surface area contributed by atoms with Crippen molar-refractivity contribution in [2.45, 2.75) is 13.1 Å². The lowest BCUT2D eigenvalue weighted by Gasteiger charge is -2.45. The summed E-state index contributed by atoms with van der Waals surface area (Å²) in [5, 5.41) is 30.5. The van der Waals surface area contributed by atoms with Crippen LogP contribution in [0.2, 0.25) is 0 Å². The summed E-state index contributed by atoms with van der Waals surface area (Å²) in [6, 6.07) is 19.8. The molecule has 1 heterocycles. The summed E-state index contributed by atoms with van der Waals surface area (Å²) in [5.41, 5.74) is 0.716. The number of amides is 1. The Kier molecular flexibility index (Phi) is 7.35. The molecule has 2 atom stereocenters. The van der Waals surface area contributed by atoms with Gasteiger partial charge in [-0.05, 0) is 41.3 Å². The van der Waals surface area contributed by atoms with E-state index in [0.717, 1.165) is 4.88 Å². The van der Waals surface area contributed by atoms with Gasteiger partial charge in [-0.25, -0.2) is 0 Å². The number of thiophene rings is 1. The van der Waals surface area contributed by atoms with Crippen LogP contribution in [0.4, 0.5) is 0 Å². The van der Waals surface area contributed by atoms with Gasteiger partial charge in [-0.15, -0.1) is 11.3 Å². The molecule has 1 fully saturated rings. The van der Waals surface area contributed by atoms with Crippen molar-refractivity contribution in [2.75, 3.05) is 0 Å². The number of hydrogen-bond donors (Lipinski definition) is 3. The van der Waals surface area contributed by atoms with Gasteiger partial charge < -0.3 is 25.0 Å². The number of carbonyl (C=O) groups is 4. The highest BCUT2D eigenvalue weighted by Crippen LogP contribution is 2.48. The molecule has 0 aliphatic heterocycles. The fourth-order valence-electron chi connectivity index (χ4n) is 4.50. The van der Waals surface area contributed by atoms with E-state index in [2.05, 4.69) is 0 Å². The van der Waals surface area contributed by atoms with E-state index in [1.807, 2.05) is 47.8 Å². The van der Waals surface area contributed by atoms with Crippen LogP contribution >= 0.6 is 11.3 Å². The zero-order valence-electron chi connectivity index (χ0n) is 18.9. The minimum Gasteiger partial charge on any atom is -0.481 e. The lowest BCUT2D eigenvalue weighted by Crippen LogP contribution is -2.62. The smallest absolute Gasteiger partial charge is 0.308 e. The Morgan fingerprint density at radius 2 is 1.25 bits per heavy atom. The predicted octanol–water partition coefficient (Wildman–Crippen LogP) is 3.80. The topological polar surface area (TPSA) is 141 Å².